The van der Waals surface area contributed by atoms with Crippen LogP contribution in [0.25, 0.3) is 0 Å². The summed E-state index contributed by atoms with van der Waals surface area (Å²) in [4.78, 5) is 13.7. The summed E-state index contributed by atoms with van der Waals surface area (Å²) in [5, 5.41) is 0. The Balaban J connectivity index is 2.51. The third-order valence-electron chi connectivity index (χ3n) is 2.93. The van der Waals surface area contributed by atoms with Crippen molar-refractivity contribution in [1.82, 2.24) is 9.36 Å². The summed E-state index contributed by atoms with van der Waals surface area (Å²) in [5.74, 6) is 0.870. The minimum absolute atomic E-state index is 0.102. The van der Waals surface area contributed by atoms with Crippen LogP contribution < -0.4 is 16.2 Å². The number of hydrogen-bond acceptors (Lipinski definition) is 3. The van der Waals surface area contributed by atoms with E-state index in [1.54, 1.807) is 11.7 Å². The van der Waals surface area contributed by atoms with E-state index >= 15 is 0 Å². The number of aromatic nitrogens is 2. The van der Waals surface area contributed by atoms with Gasteiger partial charge in [0.05, 0.1) is 0 Å². The van der Waals surface area contributed by atoms with Crippen LogP contribution in [0.5, 0.6) is 0 Å². The zero-order valence-corrected chi connectivity index (χ0v) is 8.66. The van der Waals surface area contributed by atoms with Gasteiger partial charge in [-0.15, -0.1) is 0 Å². The van der Waals surface area contributed by atoms with Crippen molar-refractivity contribution in [2.24, 2.45) is 14.1 Å². The molecule has 1 aliphatic rings. The maximum absolute atomic E-state index is 11.6. The van der Waals surface area contributed by atoms with Gasteiger partial charge in [0.25, 0.3) is 5.56 Å². The lowest BCUT2D eigenvalue weighted by atomic mass is 10.4. The number of anilines is 2. The van der Waals surface area contributed by atoms with Crippen molar-refractivity contribution in [1.29, 1.82) is 0 Å². The van der Waals surface area contributed by atoms with E-state index < -0.39 is 0 Å². The highest BCUT2D eigenvalue weighted by Crippen LogP contribution is 2.23. The van der Waals surface area contributed by atoms with Gasteiger partial charge in [-0.1, -0.05) is 0 Å². The number of nitrogens with zero attached hydrogens (tertiary/aromatic N) is 3. The van der Waals surface area contributed by atoms with Gasteiger partial charge in [0, 0.05) is 27.2 Å². The first-order chi connectivity index (χ1) is 6.63. The van der Waals surface area contributed by atoms with Gasteiger partial charge in [0.1, 0.15) is 5.69 Å². The van der Waals surface area contributed by atoms with Crippen LogP contribution in [0.3, 0.4) is 0 Å². The fraction of sp³-hybridized carbons (Fsp3) is 0.667. The molecule has 0 bridgehead atoms. The molecule has 2 heterocycles. The molecule has 0 unspecified atom stereocenters. The van der Waals surface area contributed by atoms with E-state index in [1.807, 2.05) is 11.7 Å². The molecule has 2 rings (SSSR count). The SMILES string of the molecule is Cn1c(N2CCCC2)c(N)c(=O)n1C. The predicted molar refractivity (Wildman–Crippen MR) is 56.5 cm³/mol. The van der Waals surface area contributed by atoms with Gasteiger partial charge in [-0.25, -0.2) is 0 Å². The lowest BCUT2D eigenvalue weighted by Gasteiger charge is -2.18. The van der Waals surface area contributed by atoms with Gasteiger partial charge in [-0.05, 0) is 12.8 Å². The summed E-state index contributed by atoms with van der Waals surface area (Å²) in [6.45, 7) is 2.00. The number of nitrogen functional groups attached to an aromatic ring is 1. The quantitative estimate of drug-likeness (QED) is 0.682. The van der Waals surface area contributed by atoms with Crippen LogP contribution in [0.4, 0.5) is 11.5 Å². The Morgan fingerprint density at radius 3 is 2.14 bits per heavy atom. The molecular weight excluding hydrogens is 180 g/mol. The highest BCUT2D eigenvalue weighted by Gasteiger charge is 2.21. The topological polar surface area (TPSA) is 56.2 Å². The van der Waals surface area contributed by atoms with Crippen LogP contribution in [-0.2, 0) is 14.1 Å². The van der Waals surface area contributed by atoms with Gasteiger partial charge in [-0.2, -0.15) is 0 Å². The normalized spacial score (nSPS) is 16.6. The van der Waals surface area contributed by atoms with Gasteiger partial charge >= 0.3 is 0 Å². The Kier molecular flexibility index (Phi) is 2.02. The molecule has 2 N–H and O–H groups in total. The molecular formula is C9H16N4O. The van der Waals surface area contributed by atoms with E-state index in [1.165, 1.54) is 12.8 Å². The molecule has 0 amide bonds. The van der Waals surface area contributed by atoms with E-state index in [9.17, 15) is 4.79 Å². The van der Waals surface area contributed by atoms with Crippen LogP contribution in [0, 0.1) is 0 Å². The van der Waals surface area contributed by atoms with Gasteiger partial charge < -0.3 is 10.6 Å². The van der Waals surface area contributed by atoms with Crippen LogP contribution in [0.15, 0.2) is 4.79 Å². The van der Waals surface area contributed by atoms with E-state index in [-0.39, 0.29) is 5.56 Å². The van der Waals surface area contributed by atoms with Crippen molar-refractivity contribution in [3.8, 4) is 0 Å². The Morgan fingerprint density at radius 1 is 1.14 bits per heavy atom. The maximum Gasteiger partial charge on any atom is 0.291 e. The monoisotopic (exact) mass is 196 g/mol. The van der Waals surface area contributed by atoms with Crippen LogP contribution in [0.1, 0.15) is 12.8 Å². The molecule has 14 heavy (non-hydrogen) atoms. The van der Waals surface area contributed by atoms with E-state index in [4.69, 9.17) is 5.73 Å². The molecule has 78 valence electrons. The third-order valence-corrected chi connectivity index (χ3v) is 2.93. The molecule has 1 saturated heterocycles. The van der Waals surface area contributed by atoms with E-state index in [2.05, 4.69) is 4.90 Å². The summed E-state index contributed by atoms with van der Waals surface area (Å²) in [7, 11) is 3.60. The summed E-state index contributed by atoms with van der Waals surface area (Å²) in [5.41, 5.74) is 6.06. The predicted octanol–water partition coefficient (Wildman–Crippen LogP) is -0.0938. The fourth-order valence-corrected chi connectivity index (χ4v) is 2.03. The van der Waals surface area contributed by atoms with Gasteiger partial charge in [-0.3, -0.25) is 14.2 Å². The molecule has 5 nitrogen and oxygen atoms in total. The first-order valence-corrected chi connectivity index (χ1v) is 4.89. The zero-order valence-electron chi connectivity index (χ0n) is 8.66. The highest BCUT2D eigenvalue weighted by molar-refractivity contribution is 5.62. The Labute approximate surface area is 82.7 Å². The molecule has 0 aromatic carbocycles. The zero-order chi connectivity index (χ0) is 10.3. The number of rotatable bonds is 1. The van der Waals surface area contributed by atoms with Crippen molar-refractivity contribution in [3.63, 3.8) is 0 Å². The highest BCUT2D eigenvalue weighted by atomic mass is 16.1. The second-order valence-electron chi connectivity index (χ2n) is 3.78. The molecule has 1 aromatic rings. The molecule has 0 saturated carbocycles. The van der Waals surface area contributed by atoms with Crippen molar-refractivity contribution in [2.45, 2.75) is 12.8 Å². The molecule has 1 aromatic heterocycles. The smallest absolute Gasteiger partial charge is 0.291 e. The lowest BCUT2D eigenvalue weighted by molar-refractivity contribution is 0.575. The molecule has 0 atom stereocenters. The molecule has 0 aliphatic carbocycles. The Hall–Kier alpha value is -1.39. The van der Waals surface area contributed by atoms with Crippen LogP contribution in [0.2, 0.25) is 0 Å². The minimum atomic E-state index is -0.102. The standard InChI is InChI=1S/C9H16N4O/c1-11-8(13-5-3-4-6-13)7(10)9(14)12(11)2/h3-6,10H2,1-2H3. The average molecular weight is 196 g/mol. The van der Waals surface area contributed by atoms with Gasteiger partial charge in [0.15, 0.2) is 5.82 Å². The van der Waals surface area contributed by atoms with Gasteiger partial charge in [0.2, 0.25) is 0 Å². The summed E-state index contributed by atoms with van der Waals surface area (Å²) in [6, 6.07) is 0. The van der Waals surface area contributed by atoms with E-state index in [0.29, 0.717) is 5.69 Å². The fourth-order valence-electron chi connectivity index (χ4n) is 2.03. The largest absolute Gasteiger partial charge is 0.391 e. The van der Waals surface area contributed by atoms with Crippen molar-refractivity contribution in [3.05, 3.63) is 10.4 Å². The van der Waals surface area contributed by atoms with Crippen molar-refractivity contribution >= 4 is 11.5 Å². The van der Waals surface area contributed by atoms with Crippen LogP contribution in [-0.4, -0.2) is 22.5 Å². The lowest BCUT2D eigenvalue weighted by Crippen LogP contribution is -2.22. The summed E-state index contributed by atoms with van der Waals surface area (Å²) in [6.07, 6.45) is 2.37. The molecule has 1 aliphatic heterocycles. The molecule has 1 fully saturated rings. The molecule has 0 radical (unpaired) electrons. The first-order valence-electron chi connectivity index (χ1n) is 4.89. The molecule has 0 spiro atoms. The summed E-state index contributed by atoms with van der Waals surface area (Å²) >= 11 is 0. The van der Waals surface area contributed by atoms with Crippen molar-refractivity contribution < 1.29 is 0 Å². The Bertz CT molecular complexity index is 398. The van der Waals surface area contributed by atoms with E-state index in [0.717, 1.165) is 18.9 Å². The van der Waals surface area contributed by atoms with Crippen molar-refractivity contribution in [2.75, 3.05) is 23.7 Å². The first kappa shape index (κ1) is 9.18. The van der Waals surface area contributed by atoms with Crippen LogP contribution >= 0.6 is 0 Å². The molecule has 5 heteroatoms. The number of hydrogen-bond donors (Lipinski definition) is 1. The second kappa shape index (κ2) is 3.08. The summed E-state index contributed by atoms with van der Waals surface area (Å²) < 4.78 is 3.37. The maximum atomic E-state index is 11.6. The Morgan fingerprint density at radius 2 is 1.71 bits per heavy atom. The number of nitrogens with two attached hydrogens (primary N) is 1. The average Bonchev–Trinajstić information content (AvgIpc) is 2.73. The minimum Gasteiger partial charge on any atom is -0.391 e. The second-order valence-corrected chi connectivity index (χ2v) is 3.78. The third kappa shape index (κ3) is 1.12.